The van der Waals surface area contributed by atoms with E-state index in [9.17, 15) is 9.59 Å². The minimum Gasteiger partial charge on any atom is -0.432 e. The van der Waals surface area contributed by atoms with Gasteiger partial charge in [-0.3, -0.25) is 4.79 Å². The van der Waals surface area contributed by atoms with Crippen molar-refractivity contribution in [2.45, 2.75) is 102 Å². The van der Waals surface area contributed by atoms with Gasteiger partial charge in [0.1, 0.15) is 0 Å². The van der Waals surface area contributed by atoms with Crippen molar-refractivity contribution >= 4 is 11.9 Å². The van der Waals surface area contributed by atoms with Crippen LogP contribution in [0.3, 0.4) is 0 Å². The minimum atomic E-state index is -0.498. The van der Waals surface area contributed by atoms with Gasteiger partial charge in [-0.1, -0.05) is 50.7 Å². The van der Waals surface area contributed by atoms with Crippen molar-refractivity contribution in [2.75, 3.05) is 6.61 Å². The topological polar surface area (TPSA) is 55.8 Å². The van der Waals surface area contributed by atoms with Gasteiger partial charge in [-0.05, 0) is 50.7 Å². The van der Waals surface area contributed by atoms with Crippen LogP contribution in [0.5, 0.6) is 0 Å². The van der Waals surface area contributed by atoms with Crippen molar-refractivity contribution in [1.29, 1.82) is 0 Å². The lowest BCUT2D eigenvalue weighted by Gasteiger charge is -2.42. The fraction of sp³-hybridized carbons (Fsp3) is 0.680. The quantitative estimate of drug-likeness (QED) is 0.600. The van der Waals surface area contributed by atoms with E-state index in [1.807, 2.05) is 6.07 Å². The van der Waals surface area contributed by atoms with Crippen LogP contribution in [0.15, 0.2) is 24.3 Å². The molecule has 0 aromatic heterocycles. The Hall–Kier alpha value is -1.88. The molecule has 0 N–H and O–H groups in total. The largest absolute Gasteiger partial charge is 0.432 e. The first-order valence-corrected chi connectivity index (χ1v) is 12.0. The van der Waals surface area contributed by atoms with Gasteiger partial charge in [0.05, 0.1) is 17.7 Å². The van der Waals surface area contributed by atoms with Crippen LogP contribution < -0.4 is 0 Å². The molecule has 164 valence electrons. The molecule has 3 fully saturated rings. The van der Waals surface area contributed by atoms with Crippen LogP contribution in [0.2, 0.25) is 0 Å². The van der Waals surface area contributed by atoms with E-state index in [1.165, 1.54) is 38.5 Å². The van der Waals surface area contributed by atoms with Gasteiger partial charge in [-0.15, -0.1) is 0 Å². The third kappa shape index (κ3) is 5.05. The summed E-state index contributed by atoms with van der Waals surface area (Å²) in [5.41, 5.74) is 0.850. The number of nitrogens with zero attached hydrogens (tertiary/aromatic N) is 1. The predicted octanol–water partition coefficient (Wildman–Crippen LogP) is 5.48. The summed E-state index contributed by atoms with van der Waals surface area (Å²) >= 11 is 0. The van der Waals surface area contributed by atoms with Gasteiger partial charge >= 0.3 is 5.97 Å². The van der Waals surface area contributed by atoms with Gasteiger partial charge in [-0.2, -0.15) is 0 Å². The molecule has 1 amide bonds. The molecule has 0 radical (unpaired) electrons. The van der Waals surface area contributed by atoms with E-state index in [1.54, 1.807) is 18.2 Å². The lowest BCUT2D eigenvalue weighted by atomic mass is 9.87. The predicted molar refractivity (Wildman–Crippen MR) is 115 cm³/mol. The summed E-state index contributed by atoms with van der Waals surface area (Å²) in [4.78, 5) is 28.9. The Morgan fingerprint density at radius 3 is 1.90 bits per heavy atom. The average molecular weight is 414 g/mol. The zero-order valence-electron chi connectivity index (χ0n) is 18.0. The number of carbonyl (C=O) groups is 2. The molecule has 30 heavy (non-hydrogen) atoms. The highest BCUT2D eigenvalue weighted by molar-refractivity contribution is 6.05. The Morgan fingerprint density at radius 1 is 0.767 bits per heavy atom. The summed E-state index contributed by atoms with van der Waals surface area (Å²) in [5, 5.41) is 0. The third-order valence-electron chi connectivity index (χ3n) is 6.92. The molecule has 3 aliphatic rings. The maximum Gasteiger partial charge on any atom is 0.341 e. The maximum atomic E-state index is 13.8. The molecule has 1 aromatic rings. The van der Waals surface area contributed by atoms with Gasteiger partial charge in [0.25, 0.3) is 5.91 Å². The first kappa shape index (κ1) is 21.4. The van der Waals surface area contributed by atoms with E-state index >= 15 is 0 Å². The lowest BCUT2D eigenvalue weighted by Crippen LogP contribution is -2.49. The molecule has 1 heterocycles. The molecule has 1 atom stereocenters. The summed E-state index contributed by atoms with van der Waals surface area (Å²) < 4.78 is 11.2. The number of amides is 1. The molecular weight excluding hydrogens is 378 g/mol. The minimum absolute atomic E-state index is 0.00547. The fourth-order valence-electron chi connectivity index (χ4n) is 5.32. The molecule has 5 nitrogen and oxygen atoms in total. The zero-order chi connectivity index (χ0) is 20.8. The third-order valence-corrected chi connectivity index (χ3v) is 6.92. The van der Waals surface area contributed by atoms with E-state index in [0.717, 1.165) is 44.9 Å². The van der Waals surface area contributed by atoms with Crippen molar-refractivity contribution in [3.05, 3.63) is 35.4 Å². The van der Waals surface area contributed by atoms with E-state index < -0.39 is 12.3 Å². The van der Waals surface area contributed by atoms with E-state index in [4.69, 9.17) is 9.47 Å². The van der Waals surface area contributed by atoms with Crippen LogP contribution in [0, 0.1) is 0 Å². The molecule has 1 saturated heterocycles. The monoisotopic (exact) mass is 413 g/mol. The van der Waals surface area contributed by atoms with Crippen LogP contribution in [-0.4, -0.2) is 41.8 Å². The summed E-state index contributed by atoms with van der Waals surface area (Å²) in [7, 11) is 0. The maximum absolute atomic E-state index is 13.8. The Balaban J connectivity index is 1.57. The number of esters is 1. The van der Waals surface area contributed by atoms with Crippen molar-refractivity contribution in [3.8, 4) is 0 Å². The Bertz CT molecular complexity index is 698. The molecule has 0 spiro atoms. The Labute approximate surface area is 180 Å². The van der Waals surface area contributed by atoms with Crippen LogP contribution in [0.4, 0.5) is 0 Å². The molecule has 4 rings (SSSR count). The summed E-state index contributed by atoms with van der Waals surface area (Å²) in [6.07, 6.45) is 13.8. The van der Waals surface area contributed by atoms with Gasteiger partial charge in [-0.25, -0.2) is 4.79 Å². The van der Waals surface area contributed by atoms with Crippen LogP contribution in [0.1, 0.15) is 104 Å². The SMILES string of the molecule is O=C(OC1CCCCO1)c1ccccc1C(=O)N(C1CCCCC1)C1CCCCC1. The lowest BCUT2D eigenvalue weighted by molar-refractivity contribution is -0.131. The van der Waals surface area contributed by atoms with Gasteiger partial charge in [0, 0.05) is 18.5 Å². The first-order chi connectivity index (χ1) is 14.7. The summed E-state index contributed by atoms with van der Waals surface area (Å²) in [6.45, 7) is 0.621. The number of hydrogen-bond acceptors (Lipinski definition) is 4. The van der Waals surface area contributed by atoms with Crippen molar-refractivity contribution in [3.63, 3.8) is 0 Å². The molecule has 1 aromatic carbocycles. The Kier molecular flexibility index (Phi) is 7.42. The van der Waals surface area contributed by atoms with E-state index in [0.29, 0.717) is 29.8 Å². The summed E-state index contributed by atoms with van der Waals surface area (Å²) in [6, 6.07) is 7.75. The second kappa shape index (κ2) is 10.4. The second-order valence-corrected chi connectivity index (χ2v) is 9.04. The number of rotatable bonds is 5. The molecular formula is C25H35NO4. The summed E-state index contributed by atoms with van der Waals surface area (Å²) in [5.74, 6) is -0.441. The van der Waals surface area contributed by atoms with E-state index in [-0.39, 0.29) is 5.91 Å². The first-order valence-electron chi connectivity index (χ1n) is 12.0. The highest BCUT2D eigenvalue weighted by Gasteiger charge is 2.35. The van der Waals surface area contributed by atoms with Crippen molar-refractivity contribution < 1.29 is 19.1 Å². The number of hydrogen-bond donors (Lipinski definition) is 0. The number of ether oxygens (including phenoxy) is 2. The zero-order valence-corrected chi connectivity index (χ0v) is 18.0. The standard InChI is InChI=1S/C25H35NO4/c27-24(26(19-11-3-1-4-12-19)20-13-5-2-6-14-20)21-15-7-8-16-22(21)25(28)30-23-17-9-10-18-29-23/h7-8,15-16,19-20,23H,1-6,9-14,17-18H2. The molecule has 5 heteroatoms. The van der Waals surface area contributed by atoms with Crippen LogP contribution in [-0.2, 0) is 9.47 Å². The smallest absolute Gasteiger partial charge is 0.341 e. The number of benzene rings is 1. The van der Waals surface area contributed by atoms with Gasteiger partial charge in [0.2, 0.25) is 6.29 Å². The average Bonchev–Trinajstić information content (AvgIpc) is 2.81. The molecule has 1 aliphatic heterocycles. The highest BCUT2D eigenvalue weighted by Crippen LogP contribution is 2.32. The molecule has 2 saturated carbocycles. The number of carbonyl (C=O) groups excluding carboxylic acids is 2. The van der Waals surface area contributed by atoms with Crippen LogP contribution >= 0.6 is 0 Å². The van der Waals surface area contributed by atoms with Gasteiger partial charge < -0.3 is 14.4 Å². The van der Waals surface area contributed by atoms with Crippen LogP contribution in [0.25, 0.3) is 0 Å². The second-order valence-electron chi connectivity index (χ2n) is 9.04. The molecule has 0 bridgehead atoms. The van der Waals surface area contributed by atoms with E-state index in [2.05, 4.69) is 4.90 Å². The van der Waals surface area contributed by atoms with Gasteiger partial charge in [0.15, 0.2) is 0 Å². The van der Waals surface area contributed by atoms with Crippen molar-refractivity contribution in [2.24, 2.45) is 0 Å². The molecule has 2 aliphatic carbocycles. The fourth-order valence-corrected chi connectivity index (χ4v) is 5.32. The Morgan fingerprint density at radius 2 is 1.33 bits per heavy atom. The molecule has 1 unspecified atom stereocenters. The highest BCUT2D eigenvalue weighted by atomic mass is 16.7. The normalized spacial score (nSPS) is 23.7. The van der Waals surface area contributed by atoms with Crippen molar-refractivity contribution in [1.82, 2.24) is 4.90 Å².